The molecular weight excluding hydrogens is 234 g/mol. The van der Waals surface area contributed by atoms with Crippen LogP contribution in [0.3, 0.4) is 0 Å². The number of rotatable bonds is 2. The van der Waals surface area contributed by atoms with Crippen LogP contribution in [0.15, 0.2) is 28.8 Å². The number of aryl methyl sites for hydroxylation is 1. The number of hydrogen-bond acceptors (Lipinski definition) is 5. The Labute approximate surface area is 103 Å². The molecule has 1 saturated heterocycles. The maximum absolute atomic E-state index is 10.9. The number of aromatic nitrogens is 2. The quantitative estimate of drug-likeness (QED) is 0.873. The lowest BCUT2D eigenvalue weighted by atomic mass is 10.1. The summed E-state index contributed by atoms with van der Waals surface area (Å²) >= 11 is 0. The largest absolute Gasteiger partial charge is 0.434 e. The van der Waals surface area contributed by atoms with Gasteiger partial charge in [0.2, 0.25) is 5.82 Å². The highest BCUT2D eigenvalue weighted by molar-refractivity contribution is 5.69. The first kappa shape index (κ1) is 10.8. The van der Waals surface area contributed by atoms with Crippen molar-refractivity contribution in [3.63, 3.8) is 0 Å². The van der Waals surface area contributed by atoms with Gasteiger partial charge in [0, 0.05) is 5.56 Å². The molecule has 1 atom stereocenters. The topological polar surface area (TPSA) is 77.2 Å². The van der Waals surface area contributed by atoms with Crippen LogP contribution in [0.25, 0.3) is 11.4 Å². The summed E-state index contributed by atoms with van der Waals surface area (Å²) in [5, 5.41) is 6.42. The fourth-order valence-electron chi connectivity index (χ4n) is 1.71. The standard InChI is InChI=1S/C12H11N3O3/c1-7-2-4-8(5-3-7)10-14-11(18-15-10)9-6-13-12(16)17-9/h2-5,9H,6H2,1H3,(H,13,16)/t9-/m0/s1. The predicted molar refractivity (Wildman–Crippen MR) is 61.7 cm³/mol. The second-order valence-corrected chi connectivity index (χ2v) is 4.10. The molecule has 0 radical (unpaired) electrons. The smallest absolute Gasteiger partial charge is 0.408 e. The molecule has 2 aromatic rings. The molecular formula is C12H11N3O3. The maximum atomic E-state index is 10.9. The van der Waals surface area contributed by atoms with E-state index >= 15 is 0 Å². The van der Waals surface area contributed by atoms with E-state index in [0.29, 0.717) is 18.3 Å². The number of alkyl carbamates (subject to hydrolysis) is 1. The minimum Gasteiger partial charge on any atom is -0.434 e. The van der Waals surface area contributed by atoms with E-state index in [9.17, 15) is 4.79 Å². The van der Waals surface area contributed by atoms with Gasteiger partial charge in [-0.1, -0.05) is 35.0 Å². The summed E-state index contributed by atoms with van der Waals surface area (Å²) in [5.41, 5.74) is 2.03. The molecule has 1 aliphatic heterocycles. The summed E-state index contributed by atoms with van der Waals surface area (Å²) < 4.78 is 10.1. The van der Waals surface area contributed by atoms with E-state index in [1.54, 1.807) is 0 Å². The van der Waals surface area contributed by atoms with E-state index in [2.05, 4.69) is 15.5 Å². The van der Waals surface area contributed by atoms with Crippen LogP contribution in [0.1, 0.15) is 17.6 Å². The van der Waals surface area contributed by atoms with E-state index in [4.69, 9.17) is 9.26 Å². The fourth-order valence-corrected chi connectivity index (χ4v) is 1.71. The van der Waals surface area contributed by atoms with Gasteiger partial charge in [-0.25, -0.2) is 4.79 Å². The molecule has 1 fully saturated rings. The Morgan fingerprint density at radius 2 is 2.11 bits per heavy atom. The van der Waals surface area contributed by atoms with Crippen LogP contribution in [-0.2, 0) is 4.74 Å². The third kappa shape index (κ3) is 1.92. The zero-order valence-electron chi connectivity index (χ0n) is 9.71. The number of carbonyl (C=O) groups excluding carboxylic acids is 1. The van der Waals surface area contributed by atoms with E-state index < -0.39 is 12.2 Å². The lowest BCUT2D eigenvalue weighted by Crippen LogP contribution is -2.12. The number of benzene rings is 1. The molecule has 0 aliphatic carbocycles. The molecule has 92 valence electrons. The van der Waals surface area contributed by atoms with Crippen molar-refractivity contribution >= 4 is 6.09 Å². The Morgan fingerprint density at radius 1 is 1.33 bits per heavy atom. The minimum atomic E-state index is -0.496. The van der Waals surface area contributed by atoms with Gasteiger partial charge in [0.1, 0.15) is 0 Å². The summed E-state index contributed by atoms with van der Waals surface area (Å²) in [6.45, 7) is 2.36. The van der Waals surface area contributed by atoms with Gasteiger partial charge in [-0.2, -0.15) is 4.98 Å². The summed E-state index contributed by atoms with van der Waals surface area (Å²) in [6.07, 6.45) is -0.959. The monoisotopic (exact) mass is 245 g/mol. The SMILES string of the molecule is Cc1ccc(-c2noc([C@@H]3CNC(=O)O3)n2)cc1. The molecule has 1 aromatic heterocycles. The van der Waals surface area contributed by atoms with Gasteiger partial charge in [0.25, 0.3) is 5.89 Å². The lowest BCUT2D eigenvalue weighted by molar-refractivity contribution is 0.120. The molecule has 3 rings (SSSR count). The van der Waals surface area contributed by atoms with Gasteiger partial charge < -0.3 is 14.6 Å². The van der Waals surface area contributed by atoms with Gasteiger partial charge >= 0.3 is 6.09 Å². The van der Waals surface area contributed by atoms with Crippen molar-refractivity contribution in [2.75, 3.05) is 6.54 Å². The number of nitrogens with zero attached hydrogens (tertiary/aromatic N) is 2. The van der Waals surface area contributed by atoms with E-state index in [-0.39, 0.29) is 0 Å². The van der Waals surface area contributed by atoms with Gasteiger partial charge in [-0.05, 0) is 6.92 Å². The van der Waals surface area contributed by atoms with Crippen LogP contribution in [0.5, 0.6) is 0 Å². The normalized spacial score (nSPS) is 18.5. The molecule has 0 spiro atoms. The van der Waals surface area contributed by atoms with Crippen molar-refractivity contribution in [3.8, 4) is 11.4 Å². The van der Waals surface area contributed by atoms with Crippen molar-refractivity contribution in [1.29, 1.82) is 0 Å². The number of cyclic esters (lactones) is 1. The molecule has 1 amide bonds. The average molecular weight is 245 g/mol. The maximum Gasteiger partial charge on any atom is 0.408 e. The van der Waals surface area contributed by atoms with Crippen LogP contribution < -0.4 is 5.32 Å². The predicted octanol–water partition coefficient (Wildman–Crippen LogP) is 1.83. The molecule has 0 unspecified atom stereocenters. The first-order chi connectivity index (χ1) is 8.72. The van der Waals surface area contributed by atoms with Crippen molar-refractivity contribution in [2.24, 2.45) is 0 Å². The van der Waals surface area contributed by atoms with Crippen LogP contribution in [0.4, 0.5) is 4.79 Å². The summed E-state index contributed by atoms with van der Waals surface area (Å²) in [5.74, 6) is 0.803. The highest BCUT2D eigenvalue weighted by Gasteiger charge is 2.29. The number of carbonyl (C=O) groups is 1. The Hall–Kier alpha value is -2.37. The Morgan fingerprint density at radius 3 is 2.78 bits per heavy atom. The Bertz CT molecular complexity index is 577. The third-order valence-electron chi connectivity index (χ3n) is 2.71. The Kier molecular flexibility index (Phi) is 2.47. The van der Waals surface area contributed by atoms with E-state index in [0.717, 1.165) is 11.1 Å². The first-order valence-electron chi connectivity index (χ1n) is 5.57. The molecule has 1 aromatic carbocycles. The molecule has 18 heavy (non-hydrogen) atoms. The fraction of sp³-hybridized carbons (Fsp3) is 0.250. The first-order valence-corrected chi connectivity index (χ1v) is 5.57. The van der Waals surface area contributed by atoms with Crippen molar-refractivity contribution < 1.29 is 14.1 Å². The van der Waals surface area contributed by atoms with Crippen LogP contribution in [-0.4, -0.2) is 22.8 Å². The highest BCUT2D eigenvalue weighted by Crippen LogP contribution is 2.22. The van der Waals surface area contributed by atoms with Gasteiger partial charge in [0.15, 0.2) is 6.10 Å². The number of nitrogens with one attached hydrogen (secondary N) is 1. The number of ether oxygens (including phenoxy) is 1. The molecule has 1 aliphatic rings. The minimum absolute atomic E-state index is 0.309. The van der Waals surface area contributed by atoms with E-state index in [1.165, 1.54) is 0 Å². The van der Waals surface area contributed by atoms with Crippen molar-refractivity contribution in [2.45, 2.75) is 13.0 Å². The van der Waals surface area contributed by atoms with Crippen molar-refractivity contribution in [3.05, 3.63) is 35.7 Å². The molecule has 1 N–H and O–H groups in total. The molecule has 2 heterocycles. The van der Waals surface area contributed by atoms with Crippen molar-refractivity contribution in [1.82, 2.24) is 15.5 Å². The summed E-state index contributed by atoms with van der Waals surface area (Å²) in [7, 11) is 0. The van der Waals surface area contributed by atoms with Gasteiger partial charge in [-0.15, -0.1) is 0 Å². The lowest BCUT2D eigenvalue weighted by Gasteiger charge is -1.99. The molecule has 0 saturated carbocycles. The number of hydrogen-bond donors (Lipinski definition) is 1. The van der Waals surface area contributed by atoms with Crippen LogP contribution >= 0.6 is 0 Å². The molecule has 6 nitrogen and oxygen atoms in total. The zero-order valence-corrected chi connectivity index (χ0v) is 9.71. The van der Waals surface area contributed by atoms with Gasteiger partial charge in [0.05, 0.1) is 6.54 Å². The van der Waals surface area contributed by atoms with Crippen LogP contribution in [0.2, 0.25) is 0 Å². The summed E-state index contributed by atoms with van der Waals surface area (Å²) in [4.78, 5) is 15.1. The van der Waals surface area contributed by atoms with E-state index in [1.807, 2.05) is 31.2 Å². The third-order valence-corrected chi connectivity index (χ3v) is 2.71. The highest BCUT2D eigenvalue weighted by atomic mass is 16.6. The van der Waals surface area contributed by atoms with Gasteiger partial charge in [-0.3, -0.25) is 0 Å². The number of amides is 1. The zero-order chi connectivity index (χ0) is 12.5. The summed E-state index contributed by atoms with van der Waals surface area (Å²) in [6, 6.07) is 7.79. The Balaban J connectivity index is 1.85. The molecule has 0 bridgehead atoms. The second-order valence-electron chi connectivity index (χ2n) is 4.10. The second kappa shape index (κ2) is 4.14. The van der Waals surface area contributed by atoms with Crippen LogP contribution in [0, 0.1) is 6.92 Å². The average Bonchev–Trinajstić information content (AvgIpc) is 2.98. The molecule has 6 heteroatoms.